The predicted octanol–water partition coefficient (Wildman–Crippen LogP) is 4.45. The molecule has 2 aromatic heterocycles. The fraction of sp³-hybridized carbons (Fsp3) is 0.391. The molecule has 0 aliphatic heterocycles. The van der Waals surface area contributed by atoms with Gasteiger partial charge in [-0.15, -0.1) is 0 Å². The van der Waals surface area contributed by atoms with Crippen molar-refractivity contribution in [3.8, 4) is 6.07 Å². The number of rotatable bonds is 4. The van der Waals surface area contributed by atoms with Gasteiger partial charge < -0.3 is 5.32 Å². The third-order valence-corrected chi connectivity index (χ3v) is 4.43. The van der Waals surface area contributed by atoms with Gasteiger partial charge in [0.1, 0.15) is 0 Å². The highest BCUT2D eigenvalue weighted by Crippen LogP contribution is 2.18. The number of carbonyl (C=O) groups is 1. The first-order valence-corrected chi connectivity index (χ1v) is 9.88. The van der Waals surface area contributed by atoms with Gasteiger partial charge in [-0.1, -0.05) is 26.8 Å². The van der Waals surface area contributed by atoms with Gasteiger partial charge in [0.15, 0.2) is 0 Å². The predicted molar refractivity (Wildman–Crippen MR) is 116 cm³/mol. The first kappa shape index (κ1) is 23.9. The maximum atomic E-state index is 12.8. The van der Waals surface area contributed by atoms with Crippen molar-refractivity contribution in [1.29, 1.82) is 5.26 Å². The molecule has 0 aliphatic carbocycles. The minimum absolute atomic E-state index is 0.182. The molecule has 1 unspecified atom stereocenters. The molecule has 1 aromatic carbocycles. The second-order valence-electron chi connectivity index (χ2n) is 8.44. The Morgan fingerprint density at radius 2 is 1.94 bits per heavy atom. The number of carbonyl (C=O) groups excluding carboxylic acids is 1. The van der Waals surface area contributed by atoms with Crippen molar-refractivity contribution in [3.05, 3.63) is 60.0 Å². The van der Waals surface area contributed by atoms with Crippen LogP contribution in [-0.4, -0.2) is 32.6 Å². The molecule has 0 saturated heterocycles. The number of alkyl halides is 2. The number of hydrogen-bond donors (Lipinski definition) is 1. The van der Waals surface area contributed by atoms with Crippen LogP contribution in [0.2, 0.25) is 0 Å². The Bertz CT molecular complexity index is 1060. The van der Waals surface area contributed by atoms with E-state index in [1.807, 2.05) is 24.4 Å². The molecular formula is C23H27F2N5O. The van der Waals surface area contributed by atoms with E-state index in [2.05, 4.69) is 42.2 Å². The maximum absolute atomic E-state index is 12.8. The summed E-state index contributed by atoms with van der Waals surface area (Å²) in [4.78, 5) is 15.5. The van der Waals surface area contributed by atoms with Gasteiger partial charge in [-0.25, -0.2) is 0 Å². The lowest BCUT2D eigenvalue weighted by Gasteiger charge is -2.17. The number of aromatic nitrogens is 3. The van der Waals surface area contributed by atoms with Crippen LogP contribution in [0.15, 0.2) is 48.8 Å². The molecule has 1 atom stereocenters. The van der Waals surface area contributed by atoms with E-state index < -0.39 is 17.9 Å². The number of nitriles is 1. The fourth-order valence-electron chi connectivity index (χ4n) is 2.76. The summed E-state index contributed by atoms with van der Waals surface area (Å²) in [5.41, 5.74) is 2.63. The fourth-order valence-corrected chi connectivity index (χ4v) is 2.76. The highest BCUT2D eigenvalue weighted by Gasteiger charge is 2.32. The molecule has 0 radical (unpaired) electrons. The molecule has 0 saturated carbocycles. The molecule has 2 heterocycles. The molecule has 8 heteroatoms. The van der Waals surface area contributed by atoms with E-state index in [1.165, 1.54) is 0 Å². The molecule has 0 aliphatic rings. The third kappa shape index (κ3) is 6.85. The second kappa shape index (κ2) is 9.65. The van der Waals surface area contributed by atoms with Crippen LogP contribution in [0, 0.1) is 11.3 Å². The average molecular weight is 427 g/mol. The van der Waals surface area contributed by atoms with Crippen LogP contribution in [0.3, 0.4) is 0 Å². The van der Waals surface area contributed by atoms with E-state index in [0.717, 1.165) is 16.6 Å². The first-order valence-electron chi connectivity index (χ1n) is 9.88. The standard InChI is InChI=1S/C14H14F2N4O.C9H13N/c1-9(19-13(21)14(2,15)16)8-20-12-4-3-10(6-17)5-11(12)7-18-20;1-9(2,3)8-6-4-5-7-10-8/h3-5,7,9H,8H2,1-2H3,(H,19,21);4-7H,1-3H3. The summed E-state index contributed by atoms with van der Waals surface area (Å²) in [5.74, 6) is -4.71. The lowest BCUT2D eigenvalue weighted by molar-refractivity contribution is -0.143. The van der Waals surface area contributed by atoms with Gasteiger partial charge in [0.05, 0.1) is 29.9 Å². The number of benzene rings is 1. The van der Waals surface area contributed by atoms with E-state index >= 15 is 0 Å². The van der Waals surface area contributed by atoms with Crippen molar-refractivity contribution in [2.24, 2.45) is 0 Å². The SMILES string of the molecule is CC(C)(C)c1ccccn1.CC(Cn1ncc2cc(C#N)ccc21)NC(=O)C(C)(F)F. The van der Waals surface area contributed by atoms with Gasteiger partial charge in [0.25, 0.3) is 5.91 Å². The minimum atomic E-state index is -3.40. The summed E-state index contributed by atoms with van der Waals surface area (Å²) >= 11 is 0. The van der Waals surface area contributed by atoms with Crippen LogP contribution in [0.5, 0.6) is 0 Å². The van der Waals surface area contributed by atoms with Crippen LogP contribution in [-0.2, 0) is 16.8 Å². The van der Waals surface area contributed by atoms with Crippen molar-refractivity contribution < 1.29 is 13.6 Å². The number of hydrogen-bond acceptors (Lipinski definition) is 4. The zero-order chi connectivity index (χ0) is 23.2. The van der Waals surface area contributed by atoms with Gasteiger partial charge in [-0.05, 0) is 37.3 Å². The lowest BCUT2D eigenvalue weighted by Crippen LogP contribution is -2.44. The van der Waals surface area contributed by atoms with Crippen molar-refractivity contribution in [3.63, 3.8) is 0 Å². The molecule has 0 bridgehead atoms. The summed E-state index contributed by atoms with van der Waals surface area (Å²) in [5, 5.41) is 16.0. The van der Waals surface area contributed by atoms with E-state index in [9.17, 15) is 13.6 Å². The summed E-state index contributed by atoms with van der Waals surface area (Å²) in [6.45, 7) is 8.93. The molecule has 0 spiro atoms. The van der Waals surface area contributed by atoms with E-state index in [4.69, 9.17) is 5.26 Å². The summed E-state index contributed by atoms with van der Waals surface area (Å²) in [7, 11) is 0. The zero-order valence-corrected chi connectivity index (χ0v) is 18.4. The Morgan fingerprint density at radius 3 is 2.45 bits per heavy atom. The van der Waals surface area contributed by atoms with Crippen molar-refractivity contribution >= 4 is 16.8 Å². The molecule has 1 amide bonds. The van der Waals surface area contributed by atoms with Crippen LogP contribution in [0.1, 0.15) is 45.9 Å². The van der Waals surface area contributed by atoms with E-state index in [-0.39, 0.29) is 12.0 Å². The third-order valence-electron chi connectivity index (χ3n) is 4.43. The zero-order valence-electron chi connectivity index (χ0n) is 18.4. The van der Waals surface area contributed by atoms with Crippen LogP contribution in [0.25, 0.3) is 10.9 Å². The number of nitrogens with zero attached hydrogens (tertiary/aromatic N) is 4. The van der Waals surface area contributed by atoms with E-state index in [1.54, 1.807) is 36.0 Å². The van der Waals surface area contributed by atoms with Crippen LogP contribution < -0.4 is 5.32 Å². The van der Waals surface area contributed by atoms with Crippen molar-refractivity contribution in [1.82, 2.24) is 20.1 Å². The van der Waals surface area contributed by atoms with Crippen molar-refractivity contribution in [2.45, 2.75) is 58.5 Å². The number of pyridine rings is 1. The summed E-state index contributed by atoms with van der Waals surface area (Å²) in [6, 6.07) is 12.6. The maximum Gasteiger partial charge on any atom is 0.321 e. The van der Waals surface area contributed by atoms with Crippen LogP contribution in [0.4, 0.5) is 8.78 Å². The number of nitrogens with one attached hydrogen (secondary N) is 1. The van der Waals surface area contributed by atoms with Gasteiger partial charge in [-0.3, -0.25) is 14.5 Å². The van der Waals surface area contributed by atoms with Gasteiger partial charge in [0.2, 0.25) is 0 Å². The van der Waals surface area contributed by atoms with Crippen LogP contribution >= 0.6 is 0 Å². The highest BCUT2D eigenvalue weighted by molar-refractivity contribution is 5.83. The Morgan fingerprint density at radius 1 is 1.23 bits per heavy atom. The second-order valence-corrected chi connectivity index (χ2v) is 8.44. The molecule has 6 nitrogen and oxygen atoms in total. The minimum Gasteiger partial charge on any atom is -0.347 e. The first-order chi connectivity index (χ1) is 14.4. The molecule has 3 aromatic rings. The Hall–Kier alpha value is -3.34. The normalized spacial score (nSPS) is 12.5. The number of amides is 1. The highest BCUT2D eigenvalue weighted by atomic mass is 19.3. The number of fused-ring (bicyclic) bond motifs is 1. The Kier molecular flexibility index (Phi) is 7.45. The molecule has 1 N–H and O–H groups in total. The Labute approximate surface area is 180 Å². The Balaban J connectivity index is 0.000000285. The summed E-state index contributed by atoms with van der Waals surface area (Å²) in [6.07, 6.45) is 3.43. The smallest absolute Gasteiger partial charge is 0.321 e. The molecule has 31 heavy (non-hydrogen) atoms. The topological polar surface area (TPSA) is 83.6 Å². The van der Waals surface area contributed by atoms with Crippen molar-refractivity contribution in [2.75, 3.05) is 0 Å². The molecule has 164 valence electrons. The quantitative estimate of drug-likeness (QED) is 0.667. The van der Waals surface area contributed by atoms with Gasteiger partial charge in [0, 0.05) is 35.7 Å². The van der Waals surface area contributed by atoms with Gasteiger partial charge in [-0.2, -0.15) is 19.1 Å². The van der Waals surface area contributed by atoms with E-state index in [0.29, 0.717) is 12.5 Å². The number of halogens is 2. The summed E-state index contributed by atoms with van der Waals surface area (Å²) < 4.78 is 27.3. The molecule has 3 rings (SSSR count). The average Bonchev–Trinajstić information content (AvgIpc) is 3.09. The monoisotopic (exact) mass is 427 g/mol. The molecular weight excluding hydrogens is 400 g/mol. The largest absolute Gasteiger partial charge is 0.347 e. The lowest BCUT2D eigenvalue weighted by atomic mass is 9.92. The molecule has 0 fully saturated rings. The van der Waals surface area contributed by atoms with Gasteiger partial charge >= 0.3 is 5.92 Å².